The molecule has 0 aliphatic heterocycles. The number of benzene rings is 1. The fourth-order valence-electron chi connectivity index (χ4n) is 2.70. The van der Waals surface area contributed by atoms with Crippen molar-refractivity contribution < 1.29 is 9.53 Å². The first-order valence-corrected chi connectivity index (χ1v) is 8.73. The van der Waals surface area contributed by atoms with Crippen LogP contribution in [-0.2, 0) is 0 Å². The number of nitrogen functional groups attached to an aromatic ring is 1. The summed E-state index contributed by atoms with van der Waals surface area (Å²) in [5, 5.41) is 7.44. The molecule has 2 aromatic heterocycles. The van der Waals surface area contributed by atoms with E-state index in [1.165, 1.54) is 0 Å². The zero-order chi connectivity index (χ0) is 19.6. The maximum atomic E-state index is 12.5. The van der Waals surface area contributed by atoms with Crippen LogP contribution in [0.3, 0.4) is 0 Å². The van der Waals surface area contributed by atoms with Crippen LogP contribution in [-0.4, -0.2) is 27.8 Å². The van der Waals surface area contributed by atoms with Gasteiger partial charge in [-0.3, -0.25) is 9.48 Å². The van der Waals surface area contributed by atoms with Crippen LogP contribution >= 0.6 is 11.6 Å². The fraction of sp³-hybridized carbons (Fsp3) is 0.211. The van der Waals surface area contributed by atoms with Crippen molar-refractivity contribution in [3.63, 3.8) is 0 Å². The Bertz CT molecular complexity index is 984. The van der Waals surface area contributed by atoms with E-state index < -0.39 is 0 Å². The molecular weight excluding hydrogens is 366 g/mol. The van der Waals surface area contributed by atoms with Gasteiger partial charge in [-0.2, -0.15) is 5.10 Å². The quantitative estimate of drug-likeness (QED) is 0.691. The molecule has 8 heteroatoms. The van der Waals surface area contributed by atoms with Crippen LogP contribution in [0.5, 0.6) is 5.75 Å². The van der Waals surface area contributed by atoms with Crippen molar-refractivity contribution in [2.24, 2.45) is 0 Å². The first kappa shape index (κ1) is 18.7. The molecule has 0 atom stereocenters. The molecule has 0 spiro atoms. The zero-order valence-electron chi connectivity index (χ0n) is 15.2. The molecule has 0 radical (unpaired) electrons. The number of anilines is 2. The number of hydrogen-bond donors (Lipinski definition) is 2. The minimum absolute atomic E-state index is 0.0661. The van der Waals surface area contributed by atoms with Crippen molar-refractivity contribution in [1.82, 2.24) is 14.8 Å². The molecule has 0 saturated carbocycles. The molecule has 140 valence electrons. The van der Waals surface area contributed by atoms with E-state index in [0.29, 0.717) is 33.4 Å². The maximum Gasteiger partial charge on any atom is 0.275 e. The van der Waals surface area contributed by atoms with Crippen LogP contribution < -0.4 is 15.8 Å². The summed E-state index contributed by atoms with van der Waals surface area (Å²) >= 11 is 6.28. The molecule has 3 N–H and O–H groups in total. The molecular formula is C19H20ClN5O2. The minimum atomic E-state index is -0.305. The summed E-state index contributed by atoms with van der Waals surface area (Å²) in [7, 11) is 1.58. The van der Waals surface area contributed by atoms with Crippen LogP contribution in [0.25, 0.3) is 11.1 Å². The molecule has 0 fully saturated rings. The second kappa shape index (κ2) is 7.67. The van der Waals surface area contributed by atoms with Gasteiger partial charge in [0, 0.05) is 28.4 Å². The third kappa shape index (κ3) is 3.88. The molecule has 3 rings (SSSR count). The van der Waals surface area contributed by atoms with E-state index in [9.17, 15) is 4.79 Å². The molecule has 3 aromatic rings. The number of halogens is 1. The fourth-order valence-corrected chi connectivity index (χ4v) is 2.92. The van der Waals surface area contributed by atoms with Crippen molar-refractivity contribution in [3.8, 4) is 16.9 Å². The lowest BCUT2D eigenvalue weighted by atomic mass is 10.1. The van der Waals surface area contributed by atoms with Gasteiger partial charge in [0.25, 0.3) is 5.91 Å². The lowest BCUT2D eigenvalue weighted by molar-refractivity contribution is 0.101. The average Bonchev–Trinajstić information content (AvgIpc) is 3.13. The van der Waals surface area contributed by atoms with Crippen LogP contribution in [0.4, 0.5) is 11.6 Å². The molecule has 0 unspecified atom stereocenters. The number of ether oxygens (including phenoxy) is 1. The van der Waals surface area contributed by atoms with Crippen LogP contribution in [0, 0.1) is 0 Å². The smallest absolute Gasteiger partial charge is 0.275 e. The summed E-state index contributed by atoms with van der Waals surface area (Å²) in [6, 6.07) is 10.4. The number of nitrogens with two attached hydrogens (primary N) is 1. The van der Waals surface area contributed by atoms with E-state index in [2.05, 4.69) is 15.4 Å². The molecule has 0 aliphatic rings. The predicted molar refractivity (Wildman–Crippen MR) is 106 cm³/mol. The highest BCUT2D eigenvalue weighted by molar-refractivity contribution is 6.33. The Morgan fingerprint density at radius 2 is 2.00 bits per heavy atom. The number of amides is 1. The standard InChI is InChI=1S/C19H20ClN5O2/c1-11(2)25-16(8-9-22-25)19(26)24-17-7-5-13(18(21)23-17)14-10-12(27-3)4-6-15(14)20/h4-11H,1-3H3,(H3,21,23,24,26). The Balaban J connectivity index is 1.87. The molecule has 0 saturated heterocycles. The van der Waals surface area contributed by atoms with Gasteiger partial charge < -0.3 is 15.8 Å². The Kier molecular flexibility index (Phi) is 5.32. The number of carbonyl (C=O) groups is 1. The van der Waals surface area contributed by atoms with Gasteiger partial charge in [-0.25, -0.2) is 4.98 Å². The highest BCUT2D eigenvalue weighted by Gasteiger charge is 2.16. The Morgan fingerprint density at radius 3 is 2.67 bits per heavy atom. The lowest BCUT2D eigenvalue weighted by Crippen LogP contribution is -2.19. The Hall–Kier alpha value is -3.06. The topological polar surface area (TPSA) is 95.1 Å². The van der Waals surface area contributed by atoms with E-state index >= 15 is 0 Å². The van der Waals surface area contributed by atoms with Gasteiger partial charge in [-0.1, -0.05) is 11.6 Å². The minimum Gasteiger partial charge on any atom is -0.497 e. The van der Waals surface area contributed by atoms with Gasteiger partial charge in [-0.05, 0) is 50.2 Å². The summed E-state index contributed by atoms with van der Waals surface area (Å²) in [4.78, 5) is 16.8. The second-order valence-corrected chi connectivity index (χ2v) is 6.59. The third-order valence-electron chi connectivity index (χ3n) is 4.02. The highest BCUT2D eigenvalue weighted by Crippen LogP contribution is 2.34. The van der Waals surface area contributed by atoms with Crippen molar-refractivity contribution in [1.29, 1.82) is 0 Å². The van der Waals surface area contributed by atoms with Gasteiger partial charge >= 0.3 is 0 Å². The third-order valence-corrected chi connectivity index (χ3v) is 4.35. The van der Waals surface area contributed by atoms with E-state index in [1.807, 2.05) is 13.8 Å². The maximum absolute atomic E-state index is 12.5. The molecule has 0 bridgehead atoms. The number of rotatable bonds is 5. The summed E-state index contributed by atoms with van der Waals surface area (Å²) in [5.74, 6) is 0.950. The van der Waals surface area contributed by atoms with Crippen LogP contribution in [0.2, 0.25) is 5.02 Å². The summed E-state index contributed by atoms with van der Waals surface area (Å²) in [5.41, 5.74) is 7.92. The number of aromatic nitrogens is 3. The van der Waals surface area contributed by atoms with Crippen LogP contribution in [0.15, 0.2) is 42.6 Å². The lowest BCUT2D eigenvalue weighted by Gasteiger charge is -2.13. The predicted octanol–water partition coefficient (Wildman–Crippen LogP) is 4.02. The van der Waals surface area contributed by atoms with E-state index in [4.69, 9.17) is 22.1 Å². The van der Waals surface area contributed by atoms with Gasteiger partial charge in [-0.15, -0.1) is 0 Å². The highest BCUT2D eigenvalue weighted by atomic mass is 35.5. The summed E-state index contributed by atoms with van der Waals surface area (Å²) in [6.45, 7) is 3.90. The number of methoxy groups -OCH3 is 1. The van der Waals surface area contributed by atoms with Gasteiger partial charge in [0.1, 0.15) is 23.1 Å². The first-order chi connectivity index (χ1) is 12.9. The van der Waals surface area contributed by atoms with Gasteiger partial charge in [0.2, 0.25) is 0 Å². The molecule has 1 aromatic carbocycles. The first-order valence-electron chi connectivity index (χ1n) is 8.36. The SMILES string of the molecule is COc1ccc(Cl)c(-c2ccc(NC(=O)c3ccnn3C(C)C)nc2N)c1. The molecule has 0 aliphatic carbocycles. The summed E-state index contributed by atoms with van der Waals surface area (Å²) < 4.78 is 6.88. The van der Waals surface area contributed by atoms with E-state index in [-0.39, 0.29) is 17.8 Å². The van der Waals surface area contributed by atoms with E-state index in [0.717, 1.165) is 0 Å². The van der Waals surface area contributed by atoms with Crippen LogP contribution in [0.1, 0.15) is 30.4 Å². The largest absolute Gasteiger partial charge is 0.497 e. The van der Waals surface area contributed by atoms with Crippen molar-refractivity contribution in [2.45, 2.75) is 19.9 Å². The Labute approximate surface area is 162 Å². The molecule has 1 amide bonds. The zero-order valence-corrected chi connectivity index (χ0v) is 16.0. The molecule has 2 heterocycles. The Morgan fingerprint density at radius 1 is 1.22 bits per heavy atom. The normalized spacial score (nSPS) is 10.9. The number of nitrogens with one attached hydrogen (secondary N) is 1. The van der Waals surface area contributed by atoms with Gasteiger partial charge in [0.15, 0.2) is 0 Å². The van der Waals surface area contributed by atoms with E-state index in [1.54, 1.807) is 54.4 Å². The van der Waals surface area contributed by atoms with Crippen molar-refractivity contribution in [3.05, 3.63) is 53.3 Å². The van der Waals surface area contributed by atoms with Gasteiger partial charge in [0.05, 0.1) is 7.11 Å². The number of hydrogen-bond acceptors (Lipinski definition) is 5. The monoisotopic (exact) mass is 385 g/mol. The summed E-state index contributed by atoms with van der Waals surface area (Å²) in [6.07, 6.45) is 1.59. The average molecular weight is 386 g/mol. The molecule has 7 nitrogen and oxygen atoms in total. The second-order valence-electron chi connectivity index (χ2n) is 6.18. The van der Waals surface area contributed by atoms with Crippen molar-refractivity contribution in [2.75, 3.05) is 18.2 Å². The van der Waals surface area contributed by atoms with Crippen molar-refractivity contribution >= 4 is 29.1 Å². The number of pyridine rings is 1. The number of carbonyl (C=O) groups excluding carboxylic acids is 1. The molecule has 27 heavy (non-hydrogen) atoms. The number of nitrogens with zero attached hydrogens (tertiary/aromatic N) is 3.